The number of hydrogen-bond acceptors (Lipinski definition) is 3. The molecule has 0 heterocycles. The van der Waals surface area contributed by atoms with Gasteiger partial charge in [0.2, 0.25) is 0 Å². The number of ether oxygens (including phenoxy) is 2. The number of nitrogens with one attached hydrogen (secondary N) is 1. The van der Waals surface area contributed by atoms with Gasteiger partial charge in [0.15, 0.2) is 11.5 Å². The van der Waals surface area contributed by atoms with E-state index >= 15 is 0 Å². The minimum Gasteiger partial charge on any atom is -0.493 e. The number of hydrogen-bond donors (Lipinski definition) is 1. The van der Waals surface area contributed by atoms with Gasteiger partial charge in [-0.1, -0.05) is 43.3 Å². The molecule has 1 unspecified atom stereocenters. The highest BCUT2D eigenvalue weighted by Gasteiger charge is 2.07. The minimum absolute atomic E-state index is 0.514. The molecule has 1 N–H and O–H groups in total. The maximum absolute atomic E-state index is 5.87. The molecule has 118 valence electrons. The van der Waals surface area contributed by atoms with Crippen LogP contribution in [-0.4, -0.2) is 13.2 Å². The van der Waals surface area contributed by atoms with Crippen molar-refractivity contribution in [2.45, 2.75) is 39.5 Å². The fourth-order valence-corrected chi connectivity index (χ4v) is 2.11. The van der Waals surface area contributed by atoms with Gasteiger partial charge in [-0.05, 0) is 36.6 Å². The first kappa shape index (κ1) is 16.4. The highest BCUT2D eigenvalue weighted by Crippen LogP contribution is 2.28. The highest BCUT2D eigenvalue weighted by atomic mass is 16.5. The Morgan fingerprint density at radius 3 is 2.45 bits per heavy atom. The smallest absolute Gasteiger partial charge is 0.161 e. The molecule has 3 nitrogen and oxygen atoms in total. The van der Waals surface area contributed by atoms with Gasteiger partial charge in [-0.3, -0.25) is 0 Å². The molecule has 2 aromatic carbocycles. The first-order chi connectivity index (χ1) is 10.7. The van der Waals surface area contributed by atoms with Gasteiger partial charge in [0.05, 0.1) is 7.11 Å². The third kappa shape index (κ3) is 4.78. The molecule has 0 aliphatic heterocycles. The Labute approximate surface area is 133 Å². The fourth-order valence-electron chi connectivity index (χ4n) is 2.11. The standard InChI is InChI=1S/C19H25NO2/c1-4-15(2)20-13-17-10-11-18(19(12-17)21-3)22-14-16-8-6-5-7-9-16/h5-12,15,20H,4,13-14H2,1-3H3. The topological polar surface area (TPSA) is 30.5 Å². The molecule has 0 aliphatic rings. The first-order valence-electron chi connectivity index (χ1n) is 7.80. The average molecular weight is 299 g/mol. The normalized spacial score (nSPS) is 12.0. The summed E-state index contributed by atoms with van der Waals surface area (Å²) in [4.78, 5) is 0. The Morgan fingerprint density at radius 1 is 1.00 bits per heavy atom. The number of rotatable bonds is 8. The number of methoxy groups -OCH3 is 1. The summed E-state index contributed by atoms with van der Waals surface area (Å²) in [7, 11) is 1.68. The summed E-state index contributed by atoms with van der Waals surface area (Å²) in [6.45, 7) is 5.75. The quantitative estimate of drug-likeness (QED) is 0.794. The Bertz CT molecular complexity index is 569. The van der Waals surface area contributed by atoms with Gasteiger partial charge >= 0.3 is 0 Å². The lowest BCUT2D eigenvalue weighted by atomic mass is 10.1. The van der Waals surface area contributed by atoms with Crippen molar-refractivity contribution in [3.05, 3.63) is 59.7 Å². The fraction of sp³-hybridized carbons (Fsp3) is 0.368. The molecule has 2 rings (SSSR count). The summed E-state index contributed by atoms with van der Waals surface area (Å²) in [5, 5.41) is 3.48. The summed E-state index contributed by atoms with van der Waals surface area (Å²) in [6.07, 6.45) is 1.12. The van der Waals surface area contributed by atoms with Crippen LogP contribution in [0.5, 0.6) is 11.5 Å². The van der Waals surface area contributed by atoms with E-state index in [-0.39, 0.29) is 0 Å². The van der Waals surface area contributed by atoms with Crippen molar-refractivity contribution in [3.63, 3.8) is 0 Å². The second-order valence-corrected chi connectivity index (χ2v) is 5.45. The van der Waals surface area contributed by atoms with Crippen molar-refractivity contribution in [2.75, 3.05) is 7.11 Å². The first-order valence-corrected chi connectivity index (χ1v) is 7.80. The SMILES string of the molecule is CCC(C)NCc1ccc(OCc2ccccc2)c(OC)c1. The Balaban J connectivity index is 1.99. The summed E-state index contributed by atoms with van der Waals surface area (Å²) in [5.41, 5.74) is 2.34. The van der Waals surface area contributed by atoms with E-state index < -0.39 is 0 Å². The van der Waals surface area contributed by atoms with Gasteiger partial charge in [-0.15, -0.1) is 0 Å². The lowest BCUT2D eigenvalue weighted by Gasteiger charge is -2.14. The maximum Gasteiger partial charge on any atom is 0.161 e. The van der Waals surface area contributed by atoms with E-state index in [1.54, 1.807) is 7.11 Å². The van der Waals surface area contributed by atoms with Crippen molar-refractivity contribution >= 4 is 0 Å². The van der Waals surface area contributed by atoms with Gasteiger partial charge in [-0.2, -0.15) is 0 Å². The van der Waals surface area contributed by atoms with E-state index in [0.29, 0.717) is 12.6 Å². The van der Waals surface area contributed by atoms with Gasteiger partial charge < -0.3 is 14.8 Å². The summed E-state index contributed by atoms with van der Waals surface area (Å²) < 4.78 is 11.3. The lowest BCUT2D eigenvalue weighted by Crippen LogP contribution is -2.24. The van der Waals surface area contributed by atoms with Crippen LogP contribution in [0.15, 0.2) is 48.5 Å². The Kier molecular flexibility index (Phi) is 6.28. The van der Waals surface area contributed by atoms with E-state index in [0.717, 1.165) is 30.0 Å². The van der Waals surface area contributed by atoms with Crippen molar-refractivity contribution in [3.8, 4) is 11.5 Å². The summed E-state index contributed by atoms with van der Waals surface area (Å²) in [6, 6.07) is 16.7. The van der Waals surface area contributed by atoms with Crippen LogP contribution in [0, 0.1) is 0 Å². The zero-order valence-electron chi connectivity index (χ0n) is 13.6. The van der Waals surface area contributed by atoms with E-state index in [1.807, 2.05) is 30.3 Å². The molecule has 0 aromatic heterocycles. The van der Waals surface area contributed by atoms with Crippen LogP contribution in [0.4, 0.5) is 0 Å². The lowest BCUT2D eigenvalue weighted by molar-refractivity contribution is 0.284. The maximum atomic E-state index is 5.87. The van der Waals surface area contributed by atoms with Crippen LogP contribution in [-0.2, 0) is 13.2 Å². The van der Waals surface area contributed by atoms with Crippen molar-refractivity contribution in [1.29, 1.82) is 0 Å². The van der Waals surface area contributed by atoms with Gasteiger partial charge in [0.25, 0.3) is 0 Å². The van der Waals surface area contributed by atoms with Gasteiger partial charge in [0.1, 0.15) is 6.61 Å². The third-order valence-corrected chi connectivity index (χ3v) is 3.73. The largest absolute Gasteiger partial charge is 0.493 e. The van der Waals surface area contributed by atoms with Crippen LogP contribution in [0.3, 0.4) is 0 Å². The van der Waals surface area contributed by atoms with Crippen LogP contribution < -0.4 is 14.8 Å². The van der Waals surface area contributed by atoms with Crippen LogP contribution in [0.1, 0.15) is 31.4 Å². The molecule has 3 heteroatoms. The zero-order valence-corrected chi connectivity index (χ0v) is 13.6. The van der Waals surface area contributed by atoms with E-state index in [2.05, 4.69) is 37.4 Å². The molecular formula is C19H25NO2. The van der Waals surface area contributed by atoms with Gasteiger partial charge in [-0.25, -0.2) is 0 Å². The Hall–Kier alpha value is -2.00. The monoisotopic (exact) mass is 299 g/mol. The summed E-state index contributed by atoms with van der Waals surface area (Å²) >= 11 is 0. The molecule has 0 spiro atoms. The average Bonchev–Trinajstić information content (AvgIpc) is 2.58. The number of benzene rings is 2. The van der Waals surface area contributed by atoms with E-state index in [9.17, 15) is 0 Å². The molecule has 1 atom stereocenters. The second kappa shape index (κ2) is 8.44. The van der Waals surface area contributed by atoms with Crippen LogP contribution >= 0.6 is 0 Å². The molecule has 22 heavy (non-hydrogen) atoms. The molecule has 0 saturated heterocycles. The predicted octanol–water partition coefficient (Wildman–Crippen LogP) is 4.16. The minimum atomic E-state index is 0.514. The van der Waals surface area contributed by atoms with Crippen molar-refractivity contribution in [2.24, 2.45) is 0 Å². The molecule has 0 fully saturated rings. The second-order valence-electron chi connectivity index (χ2n) is 5.45. The van der Waals surface area contributed by atoms with Crippen LogP contribution in [0.25, 0.3) is 0 Å². The van der Waals surface area contributed by atoms with E-state index in [4.69, 9.17) is 9.47 Å². The molecule has 0 bridgehead atoms. The highest BCUT2D eigenvalue weighted by molar-refractivity contribution is 5.43. The molecule has 0 saturated carbocycles. The Morgan fingerprint density at radius 2 is 1.77 bits per heavy atom. The van der Waals surface area contributed by atoms with Crippen molar-refractivity contribution in [1.82, 2.24) is 5.32 Å². The van der Waals surface area contributed by atoms with E-state index in [1.165, 1.54) is 5.56 Å². The van der Waals surface area contributed by atoms with Crippen LogP contribution in [0.2, 0.25) is 0 Å². The third-order valence-electron chi connectivity index (χ3n) is 3.73. The molecule has 0 radical (unpaired) electrons. The van der Waals surface area contributed by atoms with Crippen molar-refractivity contribution < 1.29 is 9.47 Å². The molecule has 2 aromatic rings. The predicted molar refractivity (Wildman–Crippen MR) is 90.4 cm³/mol. The molecule has 0 aliphatic carbocycles. The zero-order chi connectivity index (χ0) is 15.8. The molecule has 0 amide bonds. The molecular weight excluding hydrogens is 274 g/mol. The van der Waals surface area contributed by atoms with Gasteiger partial charge in [0, 0.05) is 12.6 Å². The summed E-state index contributed by atoms with van der Waals surface area (Å²) in [5.74, 6) is 1.55.